The van der Waals surface area contributed by atoms with Gasteiger partial charge in [0.15, 0.2) is 5.82 Å². The average molecular weight is 225 g/mol. The van der Waals surface area contributed by atoms with Crippen LogP contribution in [-0.4, -0.2) is 36.4 Å². The van der Waals surface area contributed by atoms with Crippen molar-refractivity contribution in [1.29, 1.82) is 0 Å². The highest BCUT2D eigenvalue weighted by atomic mass is 16.5. The van der Waals surface area contributed by atoms with E-state index in [0.29, 0.717) is 18.3 Å². The first-order valence-corrected chi connectivity index (χ1v) is 5.76. The van der Waals surface area contributed by atoms with Crippen molar-refractivity contribution in [3.8, 4) is 0 Å². The summed E-state index contributed by atoms with van der Waals surface area (Å²) in [4.78, 5) is 4.43. The minimum absolute atomic E-state index is 0.129. The molecule has 1 aromatic heterocycles. The van der Waals surface area contributed by atoms with Gasteiger partial charge < -0.3 is 14.6 Å². The maximum Gasteiger partial charge on any atom is 0.231 e. The van der Waals surface area contributed by atoms with Crippen molar-refractivity contribution in [1.82, 2.24) is 15.5 Å². The van der Waals surface area contributed by atoms with E-state index >= 15 is 0 Å². The average Bonchev–Trinajstić information content (AvgIpc) is 2.86. The summed E-state index contributed by atoms with van der Waals surface area (Å²) in [6, 6.07) is 0. The minimum Gasteiger partial charge on any atom is -0.381 e. The van der Waals surface area contributed by atoms with Gasteiger partial charge in [0.2, 0.25) is 5.89 Å². The highest BCUT2D eigenvalue weighted by Crippen LogP contribution is 2.26. The van der Waals surface area contributed by atoms with Crippen LogP contribution in [0.3, 0.4) is 0 Å². The lowest BCUT2D eigenvalue weighted by Gasteiger charge is -2.07. The van der Waals surface area contributed by atoms with Gasteiger partial charge >= 0.3 is 0 Å². The fourth-order valence-corrected chi connectivity index (χ4v) is 1.98. The molecule has 1 fully saturated rings. The number of hydrogen-bond donors (Lipinski definition) is 1. The Bertz CT molecular complexity index is 340. The molecular weight excluding hydrogens is 206 g/mol. The molecule has 1 aromatic rings. The lowest BCUT2D eigenvalue weighted by molar-refractivity contribution is 0.116. The summed E-state index contributed by atoms with van der Waals surface area (Å²) in [5.74, 6) is 2.42. The number of ether oxygens (including phenoxy) is 1. The van der Waals surface area contributed by atoms with Gasteiger partial charge in [0.1, 0.15) is 0 Å². The lowest BCUT2D eigenvalue weighted by Crippen LogP contribution is -2.11. The van der Waals surface area contributed by atoms with Gasteiger partial charge in [-0.1, -0.05) is 12.1 Å². The normalized spacial score (nSPS) is 27.2. The number of nitrogens with one attached hydrogen (secondary N) is 1. The van der Waals surface area contributed by atoms with E-state index < -0.39 is 0 Å². The molecule has 1 aliphatic rings. The third-order valence-electron chi connectivity index (χ3n) is 3.19. The molecular formula is C11H19N3O2. The molecule has 3 atom stereocenters. The number of aromatic nitrogens is 2. The van der Waals surface area contributed by atoms with Crippen LogP contribution in [0.15, 0.2) is 4.52 Å². The van der Waals surface area contributed by atoms with Crippen LogP contribution in [0, 0.1) is 5.92 Å². The zero-order valence-electron chi connectivity index (χ0n) is 10.1. The number of hydrogen-bond acceptors (Lipinski definition) is 5. The van der Waals surface area contributed by atoms with E-state index in [1.165, 1.54) is 0 Å². The highest BCUT2D eigenvalue weighted by Gasteiger charge is 2.29. The fraction of sp³-hybridized carbons (Fsp3) is 0.818. The molecule has 0 aliphatic carbocycles. The summed E-state index contributed by atoms with van der Waals surface area (Å²) >= 11 is 0. The third kappa shape index (κ3) is 2.41. The van der Waals surface area contributed by atoms with E-state index in [0.717, 1.165) is 24.8 Å². The second-order valence-electron chi connectivity index (χ2n) is 4.54. The monoisotopic (exact) mass is 225 g/mol. The van der Waals surface area contributed by atoms with E-state index in [9.17, 15) is 0 Å². The van der Waals surface area contributed by atoms with Gasteiger partial charge in [-0.2, -0.15) is 4.98 Å². The Kier molecular flexibility index (Phi) is 3.56. The molecule has 16 heavy (non-hydrogen) atoms. The second kappa shape index (κ2) is 4.93. The van der Waals surface area contributed by atoms with Gasteiger partial charge in [-0.25, -0.2) is 0 Å². The molecule has 1 saturated heterocycles. The molecule has 0 aromatic carbocycles. The van der Waals surface area contributed by atoms with Crippen LogP contribution in [0.2, 0.25) is 0 Å². The summed E-state index contributed by atoms with van der Waals surface area (Å²) in [5, 5.41) is 7.32. The van der Waals surface area contributed by atoms with Gasteiger partial charge in [0, 0.05) is 20.1 Å². The maximum atomic E-state index is 5.31. The SMILES string of the molecule is COC(C)Cc1noc([C@@H]2CNC[C@H]2C)n1. The van der Waals surface area contributed by atoms with Crippen LogP contribution in [0.1, 0.15) is 31.5 Å². The Morgan fingerprint density at radius 2 is 2.38 bits per heavy atom. The number of methoxy groups -OCH3 is 1. The molecule has 1 aliphatic heterocycles. The van der Waals surface area contributed by atoms with E-state index in [-0.39, 0.29) is 6.10 Å². The molecule has 5 nitrogen and oxygen atoms in total. The molecule has 0 amide bonds. The Balaban J connectivity index is 2.01. The summed E-state index contributed by atoms with van der Waals surface area (Å²) in [6.45, 7) is 6.15. The standard InChI is InChI=1S/C11H19N3O2/c1-7-5-12-6-9(7)11-13-10(14-16-11)4-8(2)15-3/h7-9,12H,4-6H2,1-3H3/t7-,8?,9-/m1/s1. The van der Waals surface area contributed by atoms with Crippen LogP contribution in [-0.2, 0) is 11.2 Å². The Hall–Kier alpha value is -0.940. The Labute approximate surface area is 95.6 Å². The van der Waals surface area contributed by atoms with Crippen molar-refractivity contribution < 1.29 is 9.26 Å². The predicted octanol–water partition coefficient (Wildman–Crippen LogP) is 0.970. The first kappa shape index (κ1) is 11.5. The van der Waals surface area contributed by atoms with Crippen molar-refractivity contribution >= 4 is 0 Å². The quantitative estimate of drug-likeness (QED) is 0.827. The molecule has 2 rings (SSSR count). The van der Waals surface area contributed by atoms with E-state index in [1.807, 2.05) is 6.92 Å². The summed E-state index contributed by atoms with van der Waals surface area (Å²) in [5.41, 5.74) is 0. The molecule has 5 heteroatoms. The van der Waals surface area contributed by atoms with Crippen LogP contribution in [0.5, 0.6) is 0 Å². The lowest BCUT2D eigenvalue weighted by atomic mass is 9.98. The fourth-order valence-electron chi connectivity index (χ4n) is 1.98. The minimum atomic E-state index is 0.129. The second-order valence-corrected chi connectivity index (χ2v) is 4.54. The van der Waals surface area contributed by atoms with Crippen molar-refractivity contribution in [2.75, 3.05) is 20.2 Å². The number of rotatable bonds is 4. The van der Waals surface area contributed by atoms with Gasteiger partial charge in [0.25, 0.3) is 0 Å². The summed E-state index contributed by atoms with van der Waals surface area (Å²) in [7, 11) is 1.69. The van der Waals surface area contributed by atoms with Crippen LogP contribution < -0.4 is 5.32 Å². The van der Waals surface area contributed by atoms with Crippen LogP contribution >= 0.6 is 0 Å². The molecule has 1 unspecified atom stereocenters. The van der Waals surface area contributed by atoms with Gasteiger partial charge in [0.05, 0.1) is 12.0 Å². The van der Waals surface area contributed by atoms with Gasteiger partial charge in [-0.15, -0.1) is 0 Å². The van der Waals surface area contributed by atoms with E-state index in [1.54, 1.807) is 7.11 Å². The first-order chi connectivity index (χ1) is 7.70. The van der Waals surface area contributed by atoms with Crippen molar-refractivity contribution in [2.45, 2.75) is 32.3 Å². The summed E-state index contributed by atoms with van der Waals surface area (Å²) < 4.78 is 10.5. The van der Waals surface area contributed by atoms with Crippen molar-refractivity contribution in [2.24, 2.45) is 5.92 Å². The van der Waals surface area contributed by atoms with Crippen LogP contribution in [0.4, 0.5) is 0 Å². The topological polar surface area (TPSA) is 60.2 Å². The maximum absolute atomic E-state index is 5.31. The highest BCUT2D eigenvalue weighted by molar-refractivity contribution is 5.01. The molecule has 1 N–H and O–H groups in total. The molecule has 0 bridgehead atoms. The third-order valence-corrected chi connectivity index (χ3v) is 3.19. The van der Waals surface area contributed by atoms with Gasteiger partial charge in [-0.05, 0) is 19.4 Å². The van der Waals surface area contributed by atoms with Gasteiger partial charge in [-0.3, -0.25) is 0 Å². The molecule has 90 valence electrons. The molecule has 0 saturated carbocycles. The smallest absolute Gasteiger partial charge is 0.231 e. The molecule has 2 heterocycles. The Morgan fingerprint density at radius 3 is 3.00 bits per heavy atom. The molecule has 0 radical (unpaired) electrons. The van der Waals surface area contributed by atoms with Crippen LogP contribution in [0.25, 0.3) is 0 Å². The summed E-state index contributed by atoms with van der Waals surface area (Å²) in [6.07, 6.45) is 0.832. The largest absolute Gasteiger partial charge is 0.381 e. The van der Waals surface area contributed by atoms with Crippen molar-refractivity contribution in [3.63, 3.8) is 0 Å². The van der Waals surface area contributed by atoms with E-state index in [4.69, 9.17) is 9.26 Å². The zero-order valence-corrected chi connectivity index (χ0v) is 10.1. The predicted molar refractivity (Wildman–Crippen MR) is 59.2 cm³/mol. The molecule has 0 spiro atoms. The van der Waals surface area contributed by atoms with E-state index in [2.05, 4.69) is 22.4 Å². The zero-order chi connectivity index (χ0) is 11.5. The number of nitrogens with zero attached hydrogens (tertiary/aromatic N) is 2. The first-order valence-electron chi connectivity index (χ1n) is 5.76. The Morgan fingerprint density at radius 1 is 1.56 bits per heavy atom. The van der Waals surface area contributed by atoms with Crippen molar-refractivity contribution in [3.05, 3.63) is 11.7 Å².